The minimum Gasteiger partial charge on any atom is -0.360 e. The van der Waals surface area contributed by atoms with Crippen molar-refractivity contribution >= 4 is 28.9 Å². The van der Waals surface area contributed by atoms with Crippen LogP contribution in [-0.4, -0.2) is 35.1 Å². The molecular formula is C21H31N3OS. The zero-order valence-corrected chi connectivity index (χ0v) is 16.5. The summed E-state index contributed by atoms with van der Waals surface area (Å²) < 4.78 is 0. The van der Waals surface area contributed by atoms with Gasteiger partial charge >= 0.3 is 0 Å². The molecule has 2 fully saturated rings. The lowest BCUT2D eigenvalue weighted by atomic mass is 9.97. The van der Waals surface area contributed by atoms with Gasteiger partial charge in [-0.05, 0) is 68.6 Å². The Labute approximate surface area is 162 Å². The van der Waals surface area contributed by atoms with Gasteiger partial charge in [-0.3, -0.25) is 4.79 Å². The quantitative estimate of drug-likeness (QED) is 0.753. The molecule has 0 radical (unpaired) electrons. The average molecular weight is 374 g/mol. The third kappa shape index (κ3) is 5.70. The van der Waals surface area contributed by atoms with Crippen LogP contribution in [0.3, 0.4) is 0 Å². The van der Waals surface area contributed by atoms with Crippen molar-refractivity contribution in [3.8, 4) is 0 Å². The zero-order chi connectivity index (χ0) is 18.2. The van der Waals surface area contributed by atoms with Crippen LogP contribution in [0.4, 0.5) is 5.69 Å². The van der Waals surface area contributed by atoms with Crippen LogP contribution in [0.15, 0.2) is 24.3 Å². The molecule has 1 aliphatic heterocycles. The van der Waals surface area contributed by atoms with E-state index in [4.69, 9.17) is 12.2 Å². The van der Waals surface area contributed by atoms with Crippen molar-refractivity contribution in [2.75, 3.05) is 18.4 Å². The molecule has 142 valence electrons. The van der Waals surface area contributed by atoms with E-state index in [1.807, 2.05) is 29.2 Å². The standard InChI is InChI=1S/C21H31N3OS/c25-20(24-15-7-4-8-16-24)17-11-13-19(14-12-17)23-21(26)22-18-9-5-2-1-3-6-10-18/h11-14,18H,1-10,15-16H2,(H2,22,23,26). The number of hydrogen-bond donors (Lipinski definition) is 2. The summed E-state index contributed by atoms with van der Waals surface area (Å²) in [7, 11) is 0. The zero-order valence-electron chi connectivity index (χ0n) is 15.6. The fraction of sp³-hybridized carbons (Fsp3) is 0.619. The third-order valence-electron chi connectivity index (χ3n) is 5.47. The smallest absolute Gasteiger partial charge is 0.253 e. The molecule has 0 aromatic heterocycles. The largest absolute Gasteiger partial charge is 0.360 e. The second-order valence-electron chi connectivity index (χ2n) is 7.57. The molecule has 0 atom stereocenters. The molecule has 4 nitrogen and oxygen atoms in total. The number of carbonyl (C=O) groups is 1. The number of thiocarbonyl (C=S) groups is 1. The van der Waals surface area contributed by atoms with Crippen LogP contribution in [0.2, 0.25) is 0 Å². The summed E-state index contributed by atoms with van der Waals surface area (Å²) in [4.78, 5) is 14.5. The summed E-state index contributed by atoms with van der Waals surface area (Å²) in [5, 5.41) is 7.42. The van der Waals surface area contributed by atoms with Crippen molar-refractivity contribution in [2.45, 2.75) is 70.3 Å². The molecule has 2 N–H and O–H groups in total. The molecule has 1 aliphatic carbocycles. The van der Waals surface area contributed by atoms with E-state index in [-0.39, 0.29) is 5.91 Å². The molecule has 1 amide bonds. The second kappa shape index (κ2) is 9.91. The topological polar surface area (TPSA) is 44.4 Å². The molecular weight excluding hydrogens is 342 g/mol. The maximum Gasteiger partial charge on any atom is 0.253 e. The van der Waals surface area contributed by atoms with Gasteiger partial charge in [-0.1, -0.05) is 32.1 Å². The van der Waals surface area contributed by atoms with Gasteiger partial charge in [0.1, 0.15) is 0 Å². The highest BCUT2D eigenvalue weighted by Gasteiger charge is 2.18. The van der Waals surface area contributed by atoms with Gasteiger partial charge in [0.2, 0.25) is 0 Å². The molecule has 0 unspecified atom stereocenters. The minimum atomic E-state index is 0.145. The Bertz CT molecular complexity index is 588. The van der Waals surface area contributed by atoms with Crippen LogP contribution < -0.4 is 10.6 Å². The molecule has 0 spiro atoms. The monoisotopic (exact) mass is 373 g/mol. The van der Waals surface area contributed by atoms with Crippen LogP contribution in [0.1, 0.15) is 74.6 Å². The number of amides is 1. The first kappa shape index (κ1) is 19.2. The van der Waals surface area contributed by atoms with E-state index in [1.54, 1.807) is 0 Å². The van der Waals surface area contributed by atoms with Gasteiger partial charge < -0.3 is 15.5 Å². The molecule has 26 heavy (non-hydrogen) atoms. The first-order chi connectivity index (χ1) is 12.7. The molecule has 1 saturated carbocycles. The highest BCUT2D eigenvalue weighted by atomic mass is 32.1. The maximum atomic E-state index is 12.5. The number of piperidine rings is 1. The third-order valence-corrected chi connectivity index (χ3v) is 5.69. The molecule has 1 aromatic rings. The molecule has 3 rings (SSSR count). The summed E-state index contributed by atoms with van der Waals surface area (Å²) in [6, 6.07) is 8.18. The summed E-state index contributed by atoms with van der Waals surface area (Å²) in [6.45, 7) is 1.77. The Kier molecular flexibility index (Phi) is 7.30. The number of benzene rings is 1. The van der Waals surface area contributed by atoms with Gasteiger partial charge in [0.05, 0.1) is 0 Å². The van der Waals surface area contributed by atoms with Crippen molar-refractivity contribution < 1.29 is 4.79 Å². The van der Waals surface area contributed by atoms with Gasteiger partial charge in [0.25, 0.3) is 5.91 Å². The van der Waals surface area contributed by atoms with Crippen molar-refractivity contribution in [1.82, 2.24) is 10.2 Å². The summed E-state index contributed by atoms with van der Waals surface area (Å²) in [5.74, 6) is 0.145. The lowest BCUT2D eigenvalue weighted by molar-refractivity contribution is 0.0724. The predicted octanol–water partition coefficient (Wildman–Crippen LogP) is 4.71. The Morgan fingerprint density at radius 3 is 2.12 bits per heavy atom. The van der Waals surface area contributed by atoms with Crippen LogP contribution in [0.5, 0.6) is 0 Å². The van der Waals surface area contributed by atoms with E-state index in [0.717, 1.165) is 37.2 Å². The summed E-state index contributed by atoms with van der Waals surface area (Å²) in [5.41, 5.74) is 1.69. The van der Waals surface area contributed by atoms with E-state index in [2.05, 4.69) is 10.6 Å². The molecule has 0 bridgehead atoms. The second-order valence-corrected chi connectivity index (χ2v) is 7.98. The average Bonchev–Trinajstić information content (AvgIpc) is 2.64. The molecule has 1 heterocycles. The van der Waals surface area contributed by atoms with Crippen LogP contribution >= 0.6 is 12.2 Å². The number of rotatable bonds is 3. The Morgan fingerprint density at radius 1 is 0.885 bits per heavy atom. The SMILES string of the molecule is O=C(c1ccc(NC(=S)NC2CCCCCCC2)cc1)N1CCCCC1. The van der Waals surface area contributed by atoms with E-state index < -0.39 is 0 Å². The van der Waals surface area contributed by atoms with Crippen molar-refractivity contribution in [1.29, 1.82) is 0 Å². The fourth-order valence-electron chi connectivity index (χ4n) is 3.93. The first-order valence-corrected chi connectivity index (χ1v) is 10.6. The number of nitrogens with one attached hydrogen (secondary N) is 2. The van der Waals surface area contributed by atoms with E-state index >= 15 is 0 Å². The summed E-state index contributed by atoms with van der Waals surface area (Å²) in [6.07, 6.45) is 12.5. The number of hydrogen-bond acceptors (Lipinski definition) is 2. The molecule has 5 heteroatoms. The normalized spacial score (nSPS) is 19.3. The Morgan fingerprint density at radius 2 is 1.46 bits per heavy atom. The molecule has 1 saturated heterocycles. The van der Waals surface area contributed by atoms with E-state index in [9.17, 15) is 4.79 Å². The number of likely N-dealkylation sites (tertiary alicyclic amines) is 1. The molecule has 2 aliphatic rings. The number of nitrogens with zero attached hydrogens (tertiary/aromatic N) is 1. The van der Waals surface area contributed by atoms with Gasteiger partial charge in [-0.25, -0.2) is 0 Å². The van der Waals surface area contributed by atoms with E-state index in [1.165, 1.54) is 51.4 Å². The van der Waals surface area contributed by atoms with Gasteiger partial charge in [-0.2, -0.15) is 0 Å². The summed E-state index contributed by atoms with van der Waals surface area (Å²) >= 11 is 5.48. The minimum absolute atomic E-state index is 0.145. The predicted molar refractivity (Wildman–Crippen MR) is 112 cm³/mol. The van der Waals surface area contributed by atoms with Crippen molar-refractivity contribution in [2.24, 2.45) is 0 Å². The van der Waals surface area contributed by atoms with Crippen molar-refractivity contribution in [3.63, 3.8) is 0 Å². The maximum absolute atomic E-state index is 12.5. The van der Waals surface area contributed by atoms with Gasteiger partial charge in [-0.15, -0.1) is 0 Å². The van der Waals surface area contributed by atoms with Crippen LogP contribution in [-0.2, 0) is 0 Å². The molecule has 1 aromatic carbocycles. The lowest BCUT2D eigenvalue weighted by Crippen LogP contribution is -2.38. The highest BCUT2D eigenvalue weighted by molar-refractivity contribution is 7.80. The van der Waals surface area contributed by atoms with Crippen molar-refractivity contribution in [3.05, 3.63) is 29.8 Å². The van der Waals surface area contributed by atoms with Crippen LogP contribution in [0, 0.1) is 0 Å². The Hall–Kier alpha value is -1.62. The van der Waals surface area contributed by atoms with Gasteiger partial charge in [0, 0.05) is 30.4 Å². The number of anilines is 1. The fourth-order valence-corrected chi connectivity index (χ4v) is 4.21. The first-order valence-electron chi connectivity index (χ1n) is 10.2. The van der Waals surface area contributed by atoms with E-state index in [0.29, 0.717) is 11.2 Å². The highest BCUT2D eigenvalue weighted by Crippen LogP contribution is 2.18. The van der Waals surface area contributed by atoms with Gasteiger partial charge in [0.15, 0.2) is 5.11 Å². The number of carbonyl (C=O) groups excluding carboxylic acids is 1. The van der Waals surface area contributed by atoms with Crippen LogP contribution in [0.25, 0.3) is 0 Å². The lowest BCUT2D eigenvalue weighted by Gasteiger charge is -2.26. The Balaban J connectivity index is 1.50.